The topological polar surface area (TPSA) is 60.6 Å². The predicted octanol–water partition coefficient (Wildman–Crippen LogP) is 1.27. The molecule has 0 radical (unpaired) electrons. The minimum atomic E-state index is -0.0875. The van der Waals surface area contributed by atoms with E-state index in [-0.39, 0.29) is 5.54 Å². The molecule has 0 saturated heterocycles. The molecule has 0 saturated carbocycles. The van der Waals surface area contributed by atoms with E-state index in [1.165, 1.54) is 0 Å². The molecule has 0 aliphatic rings. The summed E-state index contributed by atoms with van der Waals surface area (Å²) in [5.74, 6) is 1.38. The number of rotatable bonds is 6. The van der Waals surface area contributed by atoms with Crippen molar-refractivity contribution < 1.29 is 9.47 Å². The Labute approximate surface area is 109 Å². The van der Waals surface area contributed by atoms with Crippen molar-refractivity contribution in [3.63, 3.8) is 0 Å². The highest BCUT2D eigenvalue weighted by Gasteiger charge is 2.23. The lowest BCUT2D eigenvalue weighted by atomic mass is 10.0. The van der Waals surface area contributed by atoms with Gasteiger partial charge in [0.1, 0.15) is 5.69 Å². The number of ether oxygens (including phenoxy) is 2. The van der Waals surface area contributed by atoms with Crippen LogP contribution in [0.1, 0.15) is 19.5 Å². The Morgan fingerprint density at radius 1 is 1.33 bits per heavy atom. The van der Waals surface area contributed by atoms with Gasteiger partial charge in [0.2, 0.25) is 0 Å². The third-order valence-electron chi connectivity index (χ3n) is 3.29. The molecule has 0 unspecified atom stereocenters. The maximum Gasteiger partial charge on any atom is 0.183 e. The molecule has 0 amide bonds. The summed E-state index contributed by atoms with van der Waals surface area (Å²) in [6, 6.07) is 1.79. The van der Waals surface area contributed by atoms with E-state index in [1.54, 1.807) is 26.5 Å². The molecule has 102 valence electrons. The first-order chi connectivity index (χ1) is 8.46. The maximum atomic E-state index is 5.77. The molecule has 0 aliphatic heterocycles. The van der Waals surface area contributed by atoms with Gasteiger partial charge in [-0.2, -0.15) is 0 Å². The molecule has 1 aromatic rings. The van der Waals surface area contributed by atoms with Gasteiger partial charge in [-0.25, -0.2) is 0 Å². The van der Waals surface area contributed by atoms with E-state index < -0.39 is 0 Å². The number of nitrogens with two attached hydrogens (primary N) is 1. The first-order valence-corrected chi connectivity index (χ1v) is 5.93. The average molecular weight is 253 g/mol. The fourth-order valence-electron chi connectivity index (χ4n) is 1.56. The Hall–Kier alpha value is -1.33. The van der Waals surface area contributed by atoms with Crippen molar-refractivity contribution in [2.75, 3.05) is 27.8 Å². The van der Waals surface area contributed by atoms with Crippen LogP contribution < -0.4 is 15.2 Å². The van der Waals surface area contributed by atoms with Gasteiger partial charge in [-0.1, -0.05) is 0 Å². The zero-order chi connectivity index (χ0) is 13.8. The quantitative estimate of drug-likeness (QED) is 0.827. The fourth-order valence-corrected chi connectivity index (χ4v) is 1.56. The second kappa shape index (κ2) is 6.02. The van der Waals surface area contributed by atoms with Gasteiger partial charge in [-0.05, 0) is 20.9 Å². The Bertz CT molecular complexity index is 394. The SMILES string of the molecule is COc1ccnc(CN(C)C(C)(C)CN)c1OC. The molecule has 0 aromatic carbocycles. The standard InChI is InChI=1S/C13H23N3O2/c1-13(2,9-14)16(3)8-10-12(18-5)11(17-4)6-7-15-10/h6-7H,8-9,14H2,1-5H3. The molecule has 1 heterocycles. The predicted molar refractivity (Wildman–Crippen MR) is 71.9 cm³/mol. The lowest BCUT2D eigenvalue weighted by Crippen LogP contribution is -2.46. The molecule has 2 N–H and O–H groups in total. The molecule has 0 fully saturated rings. The second-order valence-corrected chi connectivity index (χ2v) is 4.87. The van der Waals surface area contributed by atoms with Crippen molar-refractivity contribution in [2.45, 2.75) is 25.9 Å². The van der Waals surface area contributed by atoms with Crippen LogP contribution in [-0.2, 0) is 6.54 Å². The van der Waals surface area contributed by atoms with Crippen LogP contribution in [0, 0.1) is 0 Å². The Kier molecular flexibility index (Phi) is 4.93. The van der Waals surface area contributed by atoms with E-state index in [1.807, 2.05) is 7.05 Å². The van der Waals surface area contributed by atoms with Gasteiger partial charge in [-0.3, -0.25) is 9.88 Å². The molecule has 0 bridgehead atoms. The summed E-state index contributed by atoms with van der Waals surface area (Å²) in [6.07, 6.45) is 1.72. The van der Waals surface area contributed by atoms with E-state index >= 15 is 0 Å². The summed E-state index contributed by atoms with van der Waals surface area (Å²) in [7, 11) is 5.26. The fraction of sp³-hybridized carbons (Fsp3) is 0.615. The maximum absolute atomic E-state index is 5.77. The number of methoxy groups -OCH3 is 2. The zero-order valence-corrected chi connectivity index (χ0v) is 11.9. The van der Waals surface area contributed by atoms with Crippen LogP contribution in [0.3, 0.4) is 0 Å². The van der Waals surface area contributed by atoms with Crippen LogP contribution in [0.25, 0.3) is 0 Å². The van der Waals surface area contributed by atoms with Gasteiger partial charge in [0.05, 0.1) is 14.2 Å². The first kappa shape index (κ1) is 14.7. The van der Waals surface area contributed by atoms with Gasteiger partial charge < -0.3 is 15.2 Å². The smallest absolute Gasteiger partial charge is 0.183 e. The molecule has 5 nitrogen and oxygen atoms in total. The van der Waals surface area contributed by atoms with Crippen LogP contribution in [-0.4, -0.2) is 43.2 Å². The normalized spacial score (nSPS) is 11.7. The zero-order valence-electron chi connectivity index (χ0n) is 11.9. The van der Waals surface area contributed by atoms with Crippen molar-refractivity contribution in [3.05, 3.63) is 18.0 Å². The highest BCUT2D eigenvalue weighted by atomic mass is 16.5. The molecule has 1 aromatic heterocycles. The Balaban J connectivity index is 2.97. The molecule has 0 spiro atoms. The van der Waals surface area contributed by atoms with Crippen LogP contribution in [0.4, 0.5) is 0 Å². The van der Waals surface area contributed by atoms with Crippen molar-refractivity contribution in [3.8, 4) is 11.5 Å². The number of hydrogen-bond donors (Lipinski definition) is 1. The number of likely N-dealkylation sites (N-methyl/N-ethyl adjacent to an activating group) is 1. The van der Waals surface area contributed by atoms with Gasteiger partial charge in [0.15, 0.2) is 11.5 Å². The van der Waals surface area contributed by atoms with Crippen LogP contribution >= 0.6 is 0 Å². The van der Waals surface area contributed by atoms with Crippen LogP contribution in [0.2, 0.25) is 0 Å². The summed E-state index contributed by atoms with van der Waals surface area (Å²) < 4.78 is 10.6. The highest BCUT2D eigenvalue weighted by Crippen LogP contribution is 2.30. The minimum absolute atomic E-state index is 0.0875. The van der Waals surface area contributed by atoms with Crippen LogP contribution in [0.15, 0.2) is 12.3 Å². The third kappa shape index (κ3) is 3.11. The van der Waals surface area contributed by atoms with Gasteiger partial charge in [-0.15, -0.1) is 0 Å². The van der Waals surface area contributed by atoms with E-state index in [4.69, 9.17) is 15.2 Å². The van der Waals surface area contributed by atoms with Crippen molar-refractivity contribution in [1.29, 1.82) is 0 Å². The number of nitrogens with zero attached hydrogens (tertiary/aromatic N) is 2. The molecule has 0 aliphatic carbocycles. The lowest BCUT2D eigenvalue weighted by molar-refractivity contribution is 0.152. The van der Waals surface area contributed by atoms with Crippen LogP contribution in [0.5, 0.6) is 11.5 Å². The van der Waals surface area contributed by atoms with Crippen molar-refractivity contribution in [2.24, 2.45) is 5.73 Å². The summed E-state index contributed by atoms with van der Waals surface area (Å²) in [5, 5.41) is 0. The molecule has 5 heteroatoms. The van der Waals surface area contributed by atoms with E-state index in [2.05, 4.69) is 23.7 Å². The summed E-state index contributed by atoms with van der Waals surface area (Å²) >= 11 is 0. The number of aromatic nitrogens is 1. The monoisotopic (exact) mass is 253 g/mol. The van der Waals surface area contributed by atoms with Crippen molar-refractivity contribution >= 4 is 0 Å². The molecule has 0 atom stereocenters. The Morgan fingerprint density at radius 2 is 2.00 bits per heavy atom. The third-order valence-corrected chi connectivity index (χ3v) is 3.29. The molecular formula is C13H23N3O2. The second-order valence-electron chi connectivity index (χ2n) is 4.87. The van der Waals surface area contributed by atoms with Gasteiger partial charge in [0, 0.05) is 30.9 Å². The first-order valence-electron chi connectivity index (χ1n) is 5.93. The van der Waals surface area contributed by atoms with Crippen molar-refractivity contribution in [1.82, 2.24) is 9.88 Å². The molecule has 1 rings (SSSR count). The highest BCUT2D eigenvalue weighted by molar-refractivity contribution is 5.42. The summed E-state index contributed by atoms with van der Waals surface area (Å²) in [4.78, 5) is 6.51. The van der Waals surface area contributed by atoms with Gasteiger partial charge >= 0.3 is 0 Å². The molecule has 18 heavy (non-hydrogen) atoms. The molecular weight excluding hydrogens is 230 g/mol. The summed E-state index contributed by atoms with van der Waals surface area (Å²) in [6.45, 7) is 5.43. The van der Waals surface area contributed by atoms with E-state index in [9.17, 15) is 0 Å². The number of pyridine rings is 1. The summed E-state index contributed by atoms with van der Waals surface area (Å²) in [5.41, 5.74) is 6.53. The number of hydrogen-bond acceptors (Lipinski definition) is 5. The average Bonchev–Trinajstić information content (AvgIpc) is 2.38. The Morgan fingerprint density at radius 3 is 2.50 bits per heavy atom. The van der Waals surface area contributed by atoms with E-state index in [0.29, 0.717) is 24.6 Å². The minimum Gasteiger partial charge on any atom is -0.493 e. The van der Waals surface area contributed by atoms with Gasteiger partial charge in [0.25, 0.3) is 0 Å². The lowest BCUT2D eigenvalue weighted by Gasteiger charge is -2.34. The van der Waals surface area contributed by atoms with E-state index in [0.717, 1.165) is 5.69 Å². The largest absolute Gasteiger partial charge is 0.493 e.